The van der Waals surface area contributed by atoms with E-state index in [-0.39, 0.29) is 25.6 Å². The van der Waals surface area contributed by atoms with Gasteiger partial charge in [-0.3, -0.25) is 4.79 Å². The number of benzene rings is 1. The molecule has 220 valence electrons. The van der Waals surface area contributed by atoms with Crippen LogP contribution in [0.1, 0.15) is 58.4 Å². The number of likely N-dealkylation sites (tertiary alicyclic amines) is 1. The molecular weight excluding hydrogens is 523 g/mol. The third-order valence-corrected chi connectivity index (χ3v) is 8.19. The van der Waals surface area contributed by atoms with Crippen LogP contribution in [-0.2, 0) is 36.0 Å². The van der Waals surface area contributed by atoms with Crippen molar-refractivity contribution in [2.75, 3.05) is 31.5 Å². The van der Waals surface area contributed by atoms with Crippen LogP contribution in [0.15, 0.2) is 42.9 Å². The number of ether oxygens (including phenoxy) is 1. The van der Waals surface area contributed by atoms with Gasteiger partial charge >= 0.3 is 162 Å². The van der Waals surface area contributed by atoms with Gasteiger partial charge in [-0.1, -0.05) is 13.0 Å². The third-order valence-electron chi connectivity index (χ3n) is 8.19. The van der Waals surface area contributed by atoms with Gasteiger partial charge < -0.3 is 4.90 Å². The molecule has 11 nitrogen and oxygen atoms in total. The molecule has 1 aromatic heterocycles. The number of rotatable bonds is 13. The predicted octanol–water partition coefficient (Wildman–Crippen LogP) is 2.04. The number of hydrogen-bond donors (Lipinski definition) is 3. The maximum Gasteiger partial charge on any atom is 0.0208 e. The number of carbonyl (C=O) groups is 3. The van der Waals surface area contributed by atoms with Crippen molar-refractivity contribution in [3.63, 3.8) is 0 Å². The van der Waals surface area contributed by atoms with Crippen molar-refractivity contribution in [3.05, 3.63) is 48.4 Å². The average Bonchev–Trinajstić information content (AvgIpc) is 3.39. The van der Waals surface area contributed by atoms with Gasteiger partial charge in [0, 0.05) is 13.1 Å². The number of aromatic nitrogens is 2. The fraction of sp³-hybridized carbons (Fsp3) is 0.586. The van der Waals surface area contributed by atoms with E-state index in [0.717, 1.165) is 50.8 Å². The molecule has 2 heterocycles. The summed E-state index contributed by atoms with van der Waals surface area (Å²) in [6.07, 6.45) is 7.73. The predicted molar refractivity (Wildman–Crippen MR) is 154 cm³/mol. The van der Waals surface area contributed by atoms with E-state index >= 15 is 0 Å². The van der Waals surface area contributed by atoms with E-state index in [9.17, 15) is 19.1 Å². The van der Waals surface area contributed by atoms with E-state index in [4.69, 9.17) is 4.74 Å². The molecule has 2 aliphatic rings. The molecule has 2 aromatic rings. The maximum absolute atomic E-state index is 13.6. The smallest absolute Gasteiger partial charge is 0.0208 e. The molecule has 1 aliphatic carbocycles. The summed E-state index contributed by atoms with van der Waals surface area (Å²) >= 11 is 0. The van der Waals surface area contributed by atoms with Gasteiger partial charge in [-0.15, -0.1) is 0 Å². The number of nitrogens with zero attached hydrogens (tertiary/aromatic N) is 3. The molecule has 1 atom stereocenters. The molecule has 1 aromatic carbocycles. The number of nitrogens with one attached hydrogen (secondary N) is 3. The molecule has 1 saturated carbocycles. The molecule has 4 rings (SSSR count). The zero-order valence-electron chi connectivity index (χ0n) is 24.2. The first-order chi connectivity index (χ1) is 19.6. The summed E-state index contributed by atoms with van der Waals surface area (Å²) in [5, 5.41) is 8.39. The second kappa shape index (κ2) is 13.5. The number of piperidine rings is 1. The molecule has 0 radical (unpaired) electrons. The Kier molecular flexibility index (Phi) is 10.1. The minimum atomic E-state index is -1.09. The summed E-state index contributed by atoms with van der Waals surface area (Å²) in [6, 6.07) is 8.50. The summed E-state index contributed by atoms with van der Waals surface area (Å²) in [4.78, 5) is 46.3. The second-order valence-electron chi connectivity index (χ2n) is 11.7. The van der Waals surface area contributed by atoms with E-state index in [0.29, 0.717) is 18.9 Å². The number of anilines is 1. The van der Waals surface area contributed by atoms with E-state index in [1.165, 1.54) is 0 Å². The van der Waals surface area contributed by atoms with Crippen LogP contribution in [0.25, 0.3) is 0 Å². The molecule has 0 bridgehead atoms. The van der Waals surface area contributed by atoms with Crippen LogP contribution in [0.4, 0.5) is 5.82 Å². The van der Waals surface area contributed by atoms with Gasteiger partial charge in [-0.2, -0.15) is 0 Å². The van der Waals surface area contributed by atoms with E-state index < -0.39 is 28.9 Å². The summed E-state index contributed by atoms with van der Waals surface area (Å²) in [7, 11) is 0.671. The van der Waals surface area contributed by atoms with Gasteiger partial charge in [0.1, 0.15) is 0 Å². The van der Waals surface area contributed by atoms with Crippen LogP contribution < -0.4 is 16.0 Å². The quantitative estimate of drug-likeness (QED) is 0.317. The normalized spacial score (nSPS) is 17.7. The molecular formula is C29H41BN6O5. The molecule has 1 unspecified atom stereocenters. The fourth-order valence-corrected chi connectivity index (χ4v) is 5.20. The van der Waals surface area contributed by atoms with Gasteiger partial charge in [-0.25, -0.2) is 0 Å². The van der Waals surface area contributed by atoms with Crippen LogP contribution in [-0.4, -0.2) is 77.0 Å². The Morgan fingerprint density at radius 1 is 1.17 bits per heavy atom. The van der Waals surface area contributed by atoms with Gasteiger partial charge in [0.15, 0.2) is 0 Å². The summed E-state index contributed by atoms with van der Waals surface area (Å²) in [6.45, 7) is 7.20. The van der Waals surface area contributed by atoms with Crippen molar-refractivity contribution in [1.29, 1.82) is 0 Å². The van der Waals surface area contributed by atoms with Crippen LogP contribution in [0.2, 0.25) is 0 Å². The SMILES string of the molecule is CC1CCN(C(=O)C2(n3cnc(NC(=O)C(COCc4ccccc4)NC(=O)C(C)(C)NCB=O)c3)CCC2)CC1. The minimum absolute atomic E-state index is 0.00382. The number of carbonyl (C=O) groups excluding carboxylic acids is 3. The van der Waals surface area contributed by atoms with Gasteiger partial charge in [-0.05, 0) is 38.0 Å². The first-order valence-electron chi connectivity index (χ1n) is 14.4. The molecule has 2 fully saturated rings. The number of hydrogen-bond acceptors (Lipinski definition) is 7. The number of imidazole rings is 1. The molecule has 12 heteroatoms. The number of amides is 3. The minimum Gasteiger partial charge on any atom is -0.0478 e. The second-order valence-corrected chi connectivity index (χ2v) is 11.7. The standard InChI is InChI=1S/C29H41BN6O5/c1-21-10-14-35(15-11-21)27(39)29(12-7-13-29)36-16-24(31-20-36)34-25(37)23(18-41-17-22-8-5-4-6-9-22)33-26(38)28(2,3)32-19-30-40/h4-6,8-9,16,20-21,23,32H,7,10-15,17-19H2,1-3H3,(H,33,38)(H,34,37). The first kappa shape index (κ1) is 30.6. The Balaban J connectivity index is 1.44. The summed E-state index contributed by atoms with van der Waals surface area (Å²) in [5.74, 6) is 0.0884. The molecule has 0 spiro atoms. The molecule has 41 heavy (non-hydrogen) atoms. The Labute approximate surface area is 242 Å². The Bertz CT molecular complexity index is 1210. The van der Waals surface area contributed by atoms with Crippen molar-refractivity contribution >= 4 is 30.7 Å². The third kappa shape index (κ3) is 7.48. The van der Waals surface area contributed by atoms with Crippen molar-refractivity contribution in [1.82, 2.24) is 25.1 Å². The molecule has 1 aliphatic heterocycles. The van der Waals surface area contributed by atoms with Crippen LogP contribution >= 0.6 is 0 Å². The Hall–Kier alpha value is -3.38. The van der Waals surface area contributed by atoms with Gasteiger partial charge in [0.2, 0.25) is 5.91 Å². The van der Waals surface area contributed by atoms with Crippen molar-refractivity contribution < 1.29 is 23.8 Å². The Morgan fingerprint density at radius 3 is 2.51 bits per heavy atom. The van der Waals surface area contributed by atoms with E-state index in [2.05, 4.69) is 27.9 Å². The van der Waals surface area contributed by atoms with E-state index in [1.807, 2.05) is 39.8 Å². The van der Waals surface area contributed by atoms with E-state index in [1.54, 1.807) is 26.4 Å². The topological polar surface area (TPSA) is 135 Å². The van der Waals surface area contributed by atoms with Crippen molar-refractivity contribution in [3.8, 4) is 0 Å². The Morgan fingerprint density at radius 2 is 1.88 bits per heavy atom. The molecule has 3 amide bonds. The largest absolute Gasteiger partial charge is 0.0478 e. The monoisotopic (exact) mass is 564 g/mol. The van der Waals surface area contributed by atoms with Gasteiger partial charge in [0.05, 0.1) is 0 Å². The summed E-state index contributed by atoms with van der Waals surface area (Å²) in [5.41, 5.74) is -0.829. The molecule has 3 N–H and O–H groups in total. The van der Waals surface area contributed by atoms with Crippen LogP contribution in [0, 0.1) is 5.92 Å². The average molecular weight is 564 g/mol. The van der Waals surface area contributed by atoms with Crippen LogP contribution in [0.3, 0.4) is 0 Å². The fourth-order valence-electron chi connectivity index (χ4n) is 5.20. The van der Waals surface area contributed by atoms with Gasteiger partial charge in [0.25, 0.3) is 0 Å². The van der Waals surface area contributed by atoms with Crippen molar-refractivity contribution in [2.45, 2.75) is 76.6 Å². The molecule has 1 saturated heterocycles. The van der Waals surface area contributed by atoms with Crippen molar-refractivity contribution in [2.24, 2.45) is 5.92 Å². The summed E-state index contributed by atoms with van der Waals surface area (Å²) < 4.78 is 18.4. The first-order valence-corrected chi connectivity index (χ1v) is 14.4. The maximum atomic E-state index is 13.6. The van der Waals surface area contributed by atoms with Crippen LogP contribution in [0.5, 0.6) is 0 Å². The zero-order chi connectivity index (χ0) is 29.5. The zero-order valence-corrected chi connectivity index (χ0v) is 24.2.